The van der Waals surface area contributed by atoms with Crippen molar-refractivity contribution in [3.63, 3.8) is 0 Å². The molecular weight excluding hydrogens is 363 g/mol. The molecule has 0 aliphatic carbocycles. The summed E-state index contributed by atoms with van der Waals surface area (Å²) in [5.74, 6) is -1.29. The largest absolute Gasteiger partial charge is 0.478 e. The molecule has 0 saturated carbocycles. The van der Waals surface area contributed by atoms with Crippen LogP contribution in [0.3, 0.4) is 0 Å². The van der Waals surface area contributed by atoms with Gasteiger partial charge in [-0.05, 0) is 42.8 Å². The number of halogens is 1. The molecule has 2 N–H and O–H groups in total. The van der Waals surface area contributed by atoms with E-state index < -0.39 is 21.8 Å². The maximum absolute atomic E-state index is 14.0. The molecule has 0 aliphatic heterocycles. The number of carboxylic acid groups (broad SMARTS) is 1. The molecule has 0 radical (unpaired) electrons. The predicted molar refractivity (Wildman–Crippen MR) is 90.8 cm³/mol. The fraction of sp³-hybridized carbons (Fsp3) is 0.0588. The molecule has 26 heavy (non-hydrogen) atoms. The minimum absolute atomic E-state index is 0.0479. The molecule has 0 amide bonds. The summed E-state index contributed by atoms with van der Waals surface area (Å²) in [4.78, 5) is 11.0. The highest BCUT2D eigenvalue weighted by Crippen LogP contribution is 2.26. The Balaban J connectivity index is 1.91. The van der Waals surface area contributed by atoms with E-state index in [1.807, 2.05) is 0 Å². The minimum Gasteiger partial charge on any atom is -0.478 e. The molecule has 0 atom stereocenters. The molecule has 1 aromatic heterocycles. The van der Waals surface area contributed by atoms with Crippen molar-refractivity contribution in [2.45, 2.75) is 11.8 Å². The van der Waals surface area contributed by atoms with Crippen molar-refractivity contribution in [3.8, 4) is 11.1 Å². The summed E-state index contributed by atoms with van der Waals surface area (Å²) in [5, 5.41) is 12.6. The van der Waals surface area contributed by atoms with Crippen LogP contribution in [-0.4, -0.2) is 24.7 Å². The van der Waals surface area contributed by atoms with E-state index in [-0.39, 0.29) is 21.8 Å². The van der Waals surface area contributed by atoms with Gasteiger partial charge in [-0.3, -0.25) is 4.72 Å². The van der Waals surface area contributed by atoms with Gasteiger partial charge in [0, 0.05) is 11.6 Å². The van der Waals surface area contributed by atoms with Gasteiger partial charge < -0.3 is 9.63 Å². The first-order valence-electron chi connectivity index (χ1n) is 7.36. The molecule has 3 aromatic rings. The lowest BCUT2D eigenvalue weighted by molar-refractivity contribution is 0.0697. The van der Waals surface area contributed by atoms with Crippen LogP contribution in [0.5, 0.6) is 0 Å². The van der Waals surface area contributed by atoms with Crippen LogP contribution in [0.4, 0.5) is 10.2 Å². The van der Waals surface area contributed by atoms with Gasteiger partial charge in [-0.15, -0.1) is 0 Å². The third-order valence-electron chi connectivity index (χ3n) is 3.56. The summed E-state index contributed by atoms with van der Waals surface area (Å²) in [6, 6.07) is 10.2. The number of aromatic carboxylic acids is 1. The van der Waals surface area contributed by atoms with Crippen molar-refractivity contribution in [1.29, 1.82) is 0 Å². The van der Waals surface area contributed by atoms with Crippen molar-refractivity contribution in [2.24, 2.45) is 0 Å². The number of carboxylic acids is 1. The normalized spacial score (nSPS) is 11.3. The number of hydrogen-bond donors (Lipinski definition) is 2. The van der Waals surface area contributed by atoms with Gasteiger partial charge >= 0.3 is 5.97 Å². The van der Waals surface area contributed by atoms with Crippen molar-refractivity contribution < 1.29 is 27.2 Å². The smallest absolute Gasteiger partial charge is 0.335 e. The van der Waals surface area contributed by atoms with Gasteiger partial charge in [-0.25, -0.2) is 17.6 Å². The summed E-state index contributed by atoms with van der Waals surface area (Å²) < 4.78 is 45.7. The lowest BCUT2D eigenvalue weighted by Crippen LogP contribution is -2.13. The number of aryl methyl sites for hydroxylation is 1. The monoisotopic (exact) mass is 376 g/mol. The van der Waals surface area contributed by atoms with Crippen LogP contribution in [-0.2, 0) is 10.0 Å². The van der Waals surface area contributed by atoms with Crippen LogP contribution >= 0.6 is 0 Å². The molecule has 1 heterocycles. The second-order valence-electron chi connectivity index (χ2n) is 5.45. The van der Waals surface area contributed by atoms with Crippen LogP contribution in [0.1, 0.15) is 16.1 Å². The van der Waals surface area contributed by atoms with Crippen LogP contribution in [0, 0.1) is 12.7 Å². The Bertz CT molecular complexity index is 1070. The Labute approximate surface area is 148 Å². The number of nitrogens with zero attached hydrogens (tertiary/aromatic N) is 1. The van der Waals surface area contributed by atoms with E-state index in [1.165, 1.54) is 36.4 Å². The van der Waals surface area contributed by atoms with Gasteiger partial charge in [0.05, 0.1) is 10.5 Å². The van der Waals surface area contributed by atoms with E-state index in [2.05, 4.69) is 9.88 Å². The zero-order valence-electron chi connectivity index (χ0n) is 13.4. The highest BCUT2D eigenvalue weighted by molar-refractivity contribution is 7.92. The van der Waals surface area contributed by atoms with Gasteiger partial charge in [0.2, 0.25) is 0 Å². The molecule has 0 unspecified atom stereocenters. The van der Waals surface area contributed by atoms with Gasteiger partial charge in [0.15, 0.2) is 5.82 Å². The number of rotatable bonds is 5. The van der Waals surface area contributed by atoms with Crippen LogP contribution in [0.2, 0.25) is 0 Å². The third-order valence-corrected chi connectivity index (χ3v) is 4.93. The van der Waals surface area contributed by atoms with Crippen LogP contribution in [0.15, 0.2) is 57.9 Å². The zero-order chi connectivity index (χ0) is 18.9. The fourth-order valence-electron chi connectivity index (χ4n) is 2.30. The Morgan fingerprint density at radius 1 is 1.15 bits per heavy atom. The average Bonchev–Trinajstić information content (AvgIpc) is 2.99. The first-order chi connectivity index (χ1) is 12.3. The van der Waals surface area contributed by atoms with Crippen LogP contribution in [0.25, 0.3) is 11.1 Å². The second kappa shape index (κ2) is 6.60. The fourth-order valence-corrected chi connectivity index (χ4v) is 3.29. The molecule has 134 valence electrons. The van der Waals surface area contributed by atoms with E-state index in [9.17, 15) is 17.6 Å². The Morgan fingerprint density at radius 2 is 1.85 bits per heavy atom. The summed E-state index contributed by atoms with van der Waals surface area (Å²) in [7, 11) is -3.89. The van der Waals surface area contributed by atoms with Gasteiger partial charge in [-0.1, -0.05) is 17.3 Å². The SMILES string of the molecule is Cc1cc(NS(=O)(=O)c2ccc(-c3cc(C(=O)O)ccc3F)cc2)no1. The predicted octanol–water partition coefficient (Wildman–Crippen LogP) is 3.29. The lowest BCUT2D eigenvalue weighted by atomic mass is 10.0. The molecule has 3 rings (SSSR count). The molecular formula is C17H13FN2O5S. The molecule has 2 aromatic carbocycles. The Hall–Kier alpha value is -3.20. The molecule has 0 spiro atoms. The number of benzene rings is 2. The highest BCUT2D eigenvalue weighted by atomic mass is 32.2. The summed E-state index contributed by atoms with van der Waals surface area (Å²) in [6.07, 6.45) is 0. The molecule has 0 aliphatic rings. The van der Waals surface area contributed by atoms with Gasteiger partial charge in [-0.2, -0.15) is 0 Å². The zero-order valence-corrected chi connectivity index (χ0v) is 14.2. The maximum Gasteiger partial charge on any atom is 0.335 e. The van der Waals surface area contributed by atoms with Gasteiger partial charge in [0.25, 0.3) is 10.0 Å². The Kier molecular flexibility index (Phi) is 4.47. The van der Waals surface area contributed by atoms with Crippen molar-refractivity contribution in [1.82, 2.24) is 5.16 Å². The van der Waals surface area contributed by atoms with Gasteiger partial charge in [0.1, 0.15) is 11.6 Å². The number of hydrogen-bond acceptors (Lipinski definition) is 5. The first kappa shape index (κ1) is 17.6. The summed E-state index contributed by atoms with van der Waals surface area (Å²) in [6.45, 7) is 1.62. The topological polar surface area (TPSA) is 110 Å². The number of aromatic nitrogens is 1. The van der Waals surface area contributed by atoms with E-state index in [0.29, 0.717) is 11.3 Å². The summed E-state index contributed by atoms with van der Waals surface area (Å²) >= 11 is 0. The quantitative estimate of drug-likeness (QED) is 0.707. The van der Waals surface area contributed by atoms with E-state index in [0.717, 1.165) is 12.1 Å². The molecule has 9 heteroatoms. The van der Waals surface area contributed by atoms with Crippen molar-refractivity contribution >= 4 is 21.8 Å². The molecule has 0 saturated heterocycles. The Morgan fingerprint density at radius 3 is 2.42 bits per heavy atom. The number of carbonyl (C=O) groups is 1. The summed E-state index contributed by atoms with van der Waals surface area (Å²) in [5.41, 5.74) is 0.344. The minimum atomic E-state index is -3.89. The third kappa shape index (κ3) is 3.57. The second-order valence-corrected chi connectivity index (χ2v) is 7.13. The average molecular weight is 376 g/mol. The van der Waals surface area contributed by atoms with E-state index in [4.69, 9.17) is 9.63 Å². The van der Waals surface area contributed by atoms with E-state index >= 15 is 0 Å². The van der Waals surface area contributed by atoms with Crippen molar-refractivity contribution in [2.75, 3.05) is 4.72 Å². The molecule has 0 fully saturated rings. The number of sulfonamides is 1. The number of nitrogens with one attached hydrogen (secondary N) is 1. The maximum atomic E-state index is 14.0. The number of anilines is 1. The molecule has 0 bridgehead atoms. The van der Waals surface area contributed by atoms with Crippen LogP contribution < -0.4 is 4.72 Å². The lowest BCUT2D eigenvalue weighted by Gasteiger charge is -2.08. The first-order valence-corrected chi connectivity index (χ1v) is 8.84. The standard InChI is InChI=1S/C17H13FN2O5S/c1-10-8-16(19-25-10)20-26(23,24)13-5-2-11(3-6-13)14-9-12(17(21)22)4-7-15(14)18/h2-9H,1H3,(H,19,20)(H,21,22). The van der Waals surface area contributed by atoms with Crippen molar-refractivity contribution in [3.05, 3.63) is 65.7 Å². The highest BCUT2D eigenvalue weighted by Gasteiger charge is 2.17. The van der Waals surface area contributed by atoms with E-state index in [1.54, 1.807) is 6.92 Å². The molecule has 7 nitrogen and oxygen atoms in total.